The maximum Gasteiger partial charge on any atom is 0.271 e. The number of halogens is 3. The van der Waals surface area contributed by atoms with E-state index in [2.05, 4.69) is 36.6 Å². The molecule has 1 heterocycles. The van der Waals surface area contributed by atoms with Crippen molar-refractivity contribution in [2.45, 2.75) is 11.1 Å². The third-order valence-electron chi connectivity index (χ3n) is 2.39. The molecule has 0 bridgehead atoms. The standard InChI is InChI=1S/C11H9Br2ClN2O2S2/c1-5-2-6(12)10(8(15)3-5)16-20(17,18)9-4-7(14)11(13)19-9/h2-4,16H,15H2,1H3. The molecule has 0 amide bonds. The van der Waals surface area contributed by atoms with Gasteiger partial charge in [-0.2, -0.15) is 0 Å². The number of anilines is 2. The van der Waals surface area contributed by atoms with Crippen LogP contribution in [0.15, 0.2) is 30.7 Å². The zero-order valence-corrected chi connectivity index (χ0v) is 15.6. The van der Waals surface area contributed by atoms with Crippen LogP contribution in [0.25, 0.3) is 0 Å². The molecule has 0 aliphatic rings. The Bertz CT molecular complexity index is 732. The van der Waals surface area contributed by atoms with Gasteiger partial charge in [0.2, 0.25) is 0 Å². The smallest absolute Gasteiger partial charge is 0.271 e. The van der Waals surface area contributed by atoms with E-state index in [0.29, 0.717) is 24.7 Å². The van der Waals surface area contributed by atoms with Gasteiger partial charge < -0.3 is 5.73 Å². The number of rotatable bonds is 3. The number of benzene rings is 1. The highest BCUT2D eigenvalue weighted by Crippen LogP contribution is 2.37. The van der Waals surface area contributed by atoms with Crippen molar-refractivity contribution in [1.29, 1.82) is 0 Å². The lowest BCUT2D eigenvalue weighted by Crippen LogP contribution is -2.13. The fraction of sp³-hybridized carbons (Fsp3) is 0.0909. The van der Waals surface area contributed by atoms with Crippen LogP contribution >= 0.6 is 54.8 Å². The molecule has 0 fully saturated rings. The summed E-state index contributed by atoms with van der Waals surface area (Å²) in [6.45, 7) is 1.87. The van der Waals surface area contributed by atoms with Crippen LogP contribution < -0.4 is 10.5 Å². The zero-order valence-electron chi connectivity index (χ0n) is 10.1. The van der Waals surface area contributed by atoms with Gasteiger partial charge in [0.15, 0.2) is 0 Å². The Balaban J connectivity index is 2.43. The summed E-state index contributed by atoms with van der Waals surface area (Å²) in [4.78, 5) is 0. The average Bonchev–Trinajstić information content (AvgIpc) is 2.65. The van der Waals surface area contributed by atoms with E-state index in [1.54, 1.807) is 12.1 Å². The van der Waals surface area contributed by atoms with Crippen LogP contribution in [0.1, 0.15) is 5.56 Å². The first-order valence-electron chi connectivity index (χ1n) is 5.24. The first-order chi connectivity index (χ1) is 9.20. The monoisotopic (exact) mass is 458 g/mol. The third-order valence-corrected chi connectivity index (χ3v) is 7.31. The van der Waals surface area contributed by atoms with Crippen LogP contribution in [-0.4, -0.2) is 8.42 Å². The van der Waals surface area contributed by atoms with Gasteiger partial charge in [0.25, 0.3) is 10.0 Å². The van der Waals surface area contributed by atoms with Gasteiger partial charge in [-0.3, -0.25) is 4.72 Å². The molecular weight excluding hydrogens is 452 g/mol. The molecule has 0 saturated heterocycles. The Morgan fingerprint density at radius 2 is 1.95 bits per heavy atom. The summed E-state index contributed by atoms with van der Waals surface area (Å²) in [5.74, 6) is 0. The molecule has 0 atom stereocenters. The molecule has 0 saturated carbocycles. The number of hydrogen-bond donors (Lipinski definition) is 2. The van der Waals surface area contributed by atoms with Gasteiger partial charge in [-0.1, -0.05) is 11.6 Å². The quantitative estimate of drug-likeness (QED) is 0.657. The lowest BCUT2D eigenvalue weighted by molar-refractivity contribution is 0.603. The van der Waals surface area contributed by atoms with E-state index < -0.39 is 10.0 Å². The normalized spacial score (nSPS) is 11.6. The SMILES string of the molecule is Cc1cc(N)c(NS(=O)(=O)c2cc(Cl)c(Br)s2)c(Br)c1. The predicted octanol–water partition coefficient (Wildman–Crippen LogP) is 4.62. The van der Waals surface area contributed by atoms with Gasteiger partial charge in [0.05, 0.1) is 20.2 Å². The van der Waals surface area contributed by atoms with E-state index in [9.17, 15) is 8.42 Å². The van der Waals surface area contributed by atoms with Gasteiger partial charge in [0.1, 0.15) is 4.21 Å². The van der Waals surface area contributed by atoms with E-state index >= 15 is 0 Å². The first kappa shape index (κ1) is 16.1. The summed E-state index contributed by atoms with van der Waals surface area (Å²) >= 11 is 13.4. The van der Waals surface area contributed by atoms with E-state index in [1.165, 1.54) is 6.07 Å². The largest absolute Gasteiger partial charge is 0.397 e. The van der Waals surface area contributed by atoms with Gasteiger partial charge in [-0.15, -0.1) is 11.3 Å². The maximum atomic E-state index is 12.3. The molecule has 4 nitrogen and oxygen atoms in total. The molecule has 1 aromatic carbocycles. The van der Waals surface area contributed by atoms with Crippen molar-refractivity contribution in [2.75, 3.05) is 10.5 Å². The second kappa shape index (κ2) is 5.84. The van der Waals surface area contributed by atoms with Crippen LogP contribution in [-0.2, 0) is 10.0 Å². The average molecular weight is 461 g/mol. The number of aryl methyl sites for hydroxylation is 1. The van der Waals surface area contributed by atoms with Crippen molar-refractivity contribution in [3.05, 3.63) is 37.0 Å². The minimum atomic E-state index is -3.73. The summed E-state index contributed by atoms with van der Waals surface area (Å²) < 4.78 is 28.3. The number of thiophene rings is 1. The van der Waals surface area contributed by atoms with E-state index in [0.717, 1.165) is 16.9 Å². The molecule has 2 rings (SSSR count). The van der Waals surface area contributed by atoms with Crippen molar-refractivity contribution < 1.29 is 8.42 Å². The zero-order chi connectivity index (χ0) is 15.1. The minimum Gasteiger partial charge on any atom is -0.397 e. The number of nitrogen functional groups attached to an aromatic ring is 1. The first-order valence-corrected chi connectivity index (χ1v) is 9.50. The molecule has 0 radical (unpaired) electrons. The summed E-state index contributed by atoms with van der Waals surface area (Å²) in [7, 11) is -3.73. The fourth-order valence-electron chi connectivity index (χ4n) is 1.52. The second-order valence-electron chi connectivity index (χ2n) is 4.00. The maximum absolute atomic E-state index is 12.3. The molecule has 20 heavy (non-hydrogen) atoms. The molecule has 1 aromatic heterocycles. The number of nitrogens with one attached hydrogen (secondary N) is 1. The Kier molecular flexibility index (Phi) is 4.70. The van der Waals surface area contributed by atoms with Gasteiger partial charge in [-0.25, -0.2) is 8.42 Å². The predicted molar refractivity (Wildman–Crippen MR) is 91.1 cm³/mol. The minimum absolute atomic E-state index is 0.112. The number of sulfonamides is 1. The fourth-order valence-corrected chi connectivity index (χ4v) is 5.85. The van der Waals surface area contributed by atoms with Crippen LogP contribution in [0.2, 0.25) is 5.02 Å². The Morgan fingerprint density at radius 3 is 2.45 bits per heavy atom. The molecule has 9 heteroatoms. The highest BCUT2D eigenvalue weighted by Gasteiger charge is 2.21. The summed E-state index contributed by atoms with van der Waals surface area (Å²) in [5, 5.41) is 0.353. The lowest BCUT2D eigenvalue weighted by Gasteiger charge is -2.12. The third kappa shape index (κ3) is 3.30. The van der Waals surface area contributed by atoms with Crippen molar-refractivity contribution in [3.8, 4) is 0 Å². The van der Waals surface area contributed by atoms with Crippen LogP contribution in [0.4, 0.5) is 11.4 Å². The van der Waals surface area contributed by atoms with Crippen molar-refractivity contribution in [1.82, 2.24) is 0 Å². The summed E-state index contributed by atoms with van der Waals surface area (Å²) in [6.07, 6.45) is 0. The molecule has 0 aliphatic carbocycles. The molecule has 0 spiro atoms. The Hall–Kier alpha value is -0.280. The van der Waals surface area contributed by atoms with Gasteiger partial charge in [0, 0.05) is 4.47 Å². The van der Waals surface area contributed by atoms with Crippen LogP contribution in [0.3, 0.4) is 0 Å². The highest BCUT2D eigenvalue weighted by atomic mass is 79.9. The molecule has 0 unspecified atom stereocenters. The molecular formula is C11H9Br2ClN2O2S2. The molecule has 2 aromatic rings. The lowest BCUT2D eigenvalue weighted by atomic mass is 10.2. The van der Waals surface area contributed by atoms with Crippen LogP contribution in [0, 0.1) is 6.92 Å². The summed E-state index contributed by atoms with van der Waals surface area (Å²) in [5.41, 5.74) is 7.45. The van der Waals surface area contributed by atoms with Crippen molar-refractivity contribution >= 4 is 76.2 Å². The molecule has 3 N–H and O–H groups in total. The topological polar surface area (TPSA) is 72.2 Å². The van der Waals surface area contributed by atoms with Gasteiger partial charge >= 0.3 is 0 Å². The van der Waals surface area contributed by atoms with Crippen LogP contribution in [0.5, 0.6) is 0 Å². The number of nitrogens with two attached hydrogens (primary N) is 1. The van der Waals surface area contributed by atoms with E-state index in [-0.39, 0.29) is 4.21 Å². The van der Waals surface area contributed by atoms with E-state index in [1.807, 2.05) is 6.92 Å². The molecule has 108 valence electrons. The second-order valence-corrected chi connectivity index (χ2v) is 9.54. The Labute approximate surface area is 142 Å². The van der Waals surface area contributed by atoms with Crippen molar-refractivity contribution in [2.24, 2.45) is 0 Å². The molecule has 0 aliphatic heterocycles. The Morgan fingerprint density at radius 1 is 1.30 bits per heavy atom. The van der Waals surface area contributed by atoms with E-state index in [4.69, 9.17) is 17.3 Å². The van der Waals surface area contributed by atoms with Crippen molar-refractivity contribution in [3.63, 3.8) is 0 Å². The van der Waals surface area contributed by atoms with Gasteiger partial charge in [-0.05, 0) is 62.5 Å². The number of hydrogen-bond acceptors (Lipinski definition) is 4. The summed E-state index contributed by atoms with van der Waals surface area (Å²) in [6, 6.07) is 4.86. The highest BCUT2D eigenvalue weighted by molar-refractivity contribution is 9.11.